The quantitative estimate of drug-likeness (QED) is 0.336. The number of aromatic nitrogens is 1. The van der Waals surface area contributed by atoms with Crippen LogP contribution in [0.25, 0.3) is 38.6 Å². The second-order valence-electron chi connectivity index (χ2n) is 6.70. The van der Waals surface area contributed by atoms with Gasteiger partial charge in [-0.2, -0.15) is 0 Å². The summed E-state index contributed by atoms with van der Waals surface area (Å²) in [5.41, 5.74) is 7.59. The molecule has 1 heterocycles. The van der Waals surface area contributed by atoms with Gasteiger partial charge in [-0.05, 0) is 47.9 Å². The molecule has 26 heavy (non-hydrogen) atoms. The van der Waals surface area contributed by atoms with Gasteiger partial charge in [0.05, 0.1) is 11.0 Å². The molecule has 0 radical (unpaired) electrons. The number of hydrogen-bond donors (Lipinski definition) is 0. The van der Waals surface area contributed by atoms with Crippen LogP contribution in [0.15, 0.2) is 97.1 Å². The summed E-state index contributed by atoms with van der Waals surface area (Å²) in [6.07, 6.45) is 0. The van der Waals surface area contributed by atoms with Gasteiger partial charge in [-0.3, -0.25) is 0 Å². The predicted molar refractivity (Wildman–Crippen MR) is 111 cm³/mol. The summed E-state index contributed by atoms with van der Waals surface area (Å²) >= 11 is 0. The molecule has 0 aliphatic heterocycles. The highest BCUT2D eigenvalue weighted by Gasteiger charge is 2.16. The fourth-order valence-corrected chi connectivity index (χ4v) is 3.97. The van der Waals surface area contributed by atoms with Crippen molar-refractivity contribution in [2.75, 3.05) is 0 Å². The third-order valence-corrected chi connectivity index (χ3v) is 5.15. The molecule has 0 fully saturated rings. The molecule has 124 valence electrons. The highest BCUT2D eigenvalue weighted by atomic mass is 15.0. The van der Waals surface area contributed by atoms with E-state index in [1.807, 2.05) is 0 Å². The normalized spacial score (nSPS) is 11.3. The van der Waals surface area contributed by atoms with Gasteiger partial charge in [0.2, 0.25) is 0 Å². The standard InChI is InChI=1S/C25H19N/c1-18-10-5-6-13-20(18)21-15-9-17-24-25(21)22-14-7-8-16-23(22)26(24)19-11-3-2-4-12-19/h2-17H,1H3. The summed E-state index contributed by atoms with van der Waals surface area (Å²) in [6.45, 7) is 2.19. The second-order valence-corrected chi connectivity index (χ2v) is 6.70. The topological polar surface area (TPSA) is 4.93 Å². The van der Waals surface area contributed by atoms with E-state index in [0.29, 0.717) is 0 Å². The van der Waals surface area contributed by atoms with E-state index in [9.17, 15) is 0 Å². The van der Waals surface area contributed by atoms with Crippen molar-refractivity contribution in [1.82, 2.24) is 4.57 Å². The van der Waals surface area contributed by atoms with Gasteiger partial charge in [0.1, 0.15) is 0 Å². The Morgan fingerprint density at radius 1 is 0.538 bits per heavy atom. The van der Waals surface area contributed by atoms with Crippen molar-refractivity contribution in [2.45, 2.75) is 6.92 Å². The summed E-state index contributed by atoms with van der Waals surface area (Å²) in [5.74, 6) is 0. The molecule has 5 rings (SSSR count). The van der Waals surface area contributed by atoms with E-state index in [-0.39, 0.29) is 0 Å². The number of hydrogen-bond acceptors (Lipinski definition) is 0. The molecule has 0 saturated carbocycles. The Hall–Kier alpha value is -3.32. The summed E-state index contributed by atoms with van der Waals surface area (Å²) < 4.78 is 2.37. The van der Waals surface area contributed by atoms with Crippen LogP contribution < -0.4 is 0 Å². The Morgan fingerprint density at radius 2 is 1.19 bits per heavy atom. The number of aryl methyl sites for hydroxylation is 1. The lowest BCUT2D eigenvalue weighted by atomic mass is 9.96. The molecule has 0 amide bonds. The molecule has 0 spiro atoms. The molecule has 1 aromatic heterocycles. The molecule has 5 aromatic rings. The zero-order valence-electron chi connectivity index (χ0n) is 14.7. The van der Waals surface area contributed by atoms with Crippen LogP contribution in [0.4, 0.5) is 0 Å². The summed E-state index contributed by atoms with van der Waals surface area (Å²) in [4.78, 5) is 0. The highest BCUT2D eigenvalue weighted by molar-refractivity contribution is 6.15. The minimum Gasteiger partial charge on any atom is -0.309 e. The molecule has 0 atom stereocenters. The lowest BCUT2D eigenvalue weighted by Crippen LogP contribution is -1.93. The van der Waals surface area contributed by atoms with E-state index >= 15 is 0 Å². The summed E-state index contributed by atoms with van der Waals surface area (Å²) in [5, 5.41) is 2.62. The zero-order chi connectivity index (χ0) is 17.5. The monoisotopic (exact) mass is 333 g/mol. The Balaban J connectivity index is 1.97. The van der Waals surface area contributed by atoms with Crippen molar-refractivity contribution in [2.24, 2.45) is 0 Å². The van der Waals surface area contributed by atoms with Crippen LogP contribution in [0.2, 0.25) is 0 Å². The molecule has 0 bridgehead atoms. The third-order valence-electron chi connectivity index (χ3n) is 5.15. The maximum absolute atomic E-state index is 2.37. The van der Waals surface area contributed by atoms with Crippen LogP contribution in [0.3, 0.4) is 0 Å². The first kappa shape index (κ1) is 15.0. The van der Waals surface area contributed by atoms with Gasteiger partial charge >= 0.3 is 0 Å². The van der Waals surface area contributed by atoms with Crippen molar-refractivity contribution in [3.8, 4) is 16.8 Å². The molecular formula is C25H19N. The average molecular weight is 333 g/mol. The molecule has 0 N–H and O–H groups in total. The SMILES string of the molecule is Cc1ccccc1-c1cccc2c1c1ccccc1n2-c1ccccc1. The van der Waals surface area contributed by atoms with Crippen LogP contribution in [0.5, 0.6) is 0 Å². The zero-order valence-corrected chi connectivity index (χ0v) is 14.7. The Labute approximate surface area is 153 Å². The van der Waals surface area contributed by atoms with E-state index in [1.165, 1.54) is 44.2 Å². The molecule has 1 heteroatoms. The van der Waals surface area contributed by atoms with E-state index in [0.717, 1.165) is 0 Å². The van der Waals surface area contributed by atoms with E-state index in [4.69, 9.17) is 0 Å². The van der Waals surface area contributed by atoms with Crippen molar-refractivity contribution in [1.29, 1.82) is 0 Å². The van der Waals surface area contributed by atoms with Gasteiger partial charge in [0.25, 0.3) is 0 Å². The Morgan fingerprint density at radius 3 is 2.04 bits per heavy atom. The van der Waals surface area contributed by atoms with E-state index in [2.05, 4.69) is 109 Å². The molecule has 0 aliphatic carbocycles. The van der Waals surface area contributed by atoms with Gasteiger partial charge in [-0.1, -0.05) is 72.8 Å². The van der Waals surface area contributed by atoms with Gasteiger partial charge in [-0.15, -0.1) is 0 Å². The summed E-state index contributed by atoms with van der Waals surface area (Å²) in [7, 11) is 0. The number of rotatable bonds is 2. The molecule has 4 aromatic carbocycles. The van der Waals surface area contributed by atoms with Crippen LogP contribution in [-0.4, -0.2) is 4.57 Å². The van der Waals surface area contributed by atoms with Crippen LogP contribution in [0.1, 0.15) is 5.56 Å². The van der Waals surface area contributed by atoms with Crippen molar-refractivity contribution in [3.05, 3.63) is 103 Å². The molecule has 1 nitrogen and oxygen atoms in total. The third kappa shape index (κ3) is 2.18. The Kier molecular flexibility index (Phi) is 3.39. The fraction of sp³-hybridized carbons (Fsp3) is 0.0400. The first-order valence-corrected chi connectivity index (χ1v) is 8.98. The second kappa shape index (κ2) is 5.89. The number of nitrogens with zero attached hydrogens (tertiary/aromatic N) is 1. The van der Waals surface area contributed by atoms with Crippen molar-refractivity contribution in [3.63, 3.8) is 0 Å². The van der Waals surface area contributed by atoms with E-state index < -0.39 is 0 Å². The van der Waals surface area contributed by atoms with Gasteiger partial charge < -0.3 is 4.57 Å². The van der Waals surface area contributed by atoms with E-state index in [1.54, 1.807) is 0 Å². The predicted octanol–water partition coefficient (Wildman–Crippen LogP) is 6.76. The number of benzene rings is 4. The Bertz CT molecular complexity index is 1230. The number of para-hydroxylation sites is 2. The smallest absolute Gasteiger partial charge is 0.0547 e. The largest absolute Gasteiger partial charge is 0.309 e. The lowest BCUT2D eigenvalue weighted by molar-refractivity contribution is 1.18. The van der Waals surface area contributed by atoms with Crippen LogP contribution in [0, 0.1) is 6.92 Å². The maximum atomic E-state index is 2.37. The minimum absolute atomic E-state index is 1.20. The van der Waals surface area contributed by atoms with Crippen molar-refractivity contribution < 1.29 is 0 Å². The maximum Gasteiger partial charge on any atom is 0.0547 e. The van der Waals surface area contributed by atoms with Gasteiger partial charge in [0.15, 0.2) is 0 Å². The molecule has 0 unspecified atom stereocenters. The van der Waals surface area contributed by atoms with Gasteiger partial charge in [0, 0.05) is 16.5 Å². The average Bonchev–Trinajstić information content (AvgIpc) is 3.04. The van der Waals surface area contributed by atoms with Gasteiger partial charge in [-0.25, -0.2) is 0 Å². The number of fused-ring (bicyclic) bond motifs is 3. The molecule has 0 aliphatic rings. The lowest BCUT2D eigenvalue weighted by Gasteiger charge is -2.10. The van der Waals surface area contributed by atoms with Crippen LogP contribution >= 0.6 is 0 Å². The minimum atomic E-state index is 1.20. The first-order chi connectivity index (χ1) is 12.8. The first-order valence-electron chi connectivity index (χ1n) is 8.98. The van der Waals surface area contributed by atoms with Crippen LogP contribution in [-0.2, 0) is 0 Å². The highest BCUT2D eigenvalue weighted by Crippen LogP contribution is 2.39. The molecule has 0 saturated heterocycles. The molecular weight excluding hydrogens is 314 g/mol. The van der Waals surface area contributed by atoms with Crippen molar-refractivity contribution >= 4 is 21.8 Å². The fourth-order valence-electron chi connectivity index (χ4n) is 3.97. The summed E-state index contributed by atoms with van der Waals surface area (Å²) in [6, 6.07) is 34.6.